The number of hydrogen-bond donors (Lipinski definition) is 2. The molecule has 0 aliphatic carbocycles. The number of fused-ring (bicyclic) bond motifs is 2. The third-order valence-electron chi connectivity index (χ3n) is 6.20. The molecule has 1 aliphatic rings. The molecule has 1 aliphatic heterocycles. The number of hydrogen-bond acceptors (Lipinski definition) is 4. The summed E-state index contributed by atoms with van der Waals surface area (Å²) in [6.07, 6.45) is 4.34. The van der Waals surface area contributed by atoms with Crippen molar-refractivity contribution in [3.05, 3.63) is 89.5 Å². The Hall–Kier alpha value is -4.26. The molecule has 0 spiro atoms. The van der Waals surface area contributed by atoms with Gasteiger partial charge in [0.2, 0.25) is 0 Å². The first-order valence-corrected chi connectivity index (χ1v) is 11.0. The largest absolute Gasteiger partial charge is 0.339 e. The summed E-state index contributed by atoms with van der Waals surface area (Å²) in [6.45, 7) is 3.18. The van der Waals surface area contributed by atoms with Crippen LogP contribution in [0.2, 0.25) is 0 Å². The Bertz CT molecular complexity index is 1470. The summed E-state index contributed by atoms with van der Waals surface area (Å²) in [5, 5.41) is 8.64. The predicted octanol–water partition coefficient (Wildman–Crippen LogP) is 4.52. The number of rotatable bonds is 3. The van der Waals surface area contributed by atoms with Crippen LogP contribution in [0.3, 0.4) is 0 Å². The van der Waals surface area contributed by atoms with E-state index in [1.54, 1.807) is 6.20 Å². The fourth-order valence-electron chi connectivity index (χ4n) is 4.37. The molecule has 7 heteroatoms. The number of nitrogens with zero attached hydrogens (tertiary/aromatic N) is 4. The van der Waals surface area contributed by atoms with Gasteiger partial charge in [-0.15, -0.1) is 0 Å². The zero-order valence-corrected chi connectivity index (χ0v) is 18.2. The van der Waals surface area contributed by atoms with E-state index in [9.17, 15) is 4.79 Å². The molecule has 6 rings (SSSR count). The van der Waals surface area contributed by atoms with E-state index in [1.807, 2.05) is 60.5 Å². The van der Waals surface area contributed by atoms with E-state index in [-0.39, 0.29) is 5.91 Å². The van der Waals surface area contributed by atoms with Crippen LogP contribution in [0.5, 0.6) is 0 Å². The molecule has 0 bridgehead atoms. The molecular weight excluding hydrogens is 412 g/mol. The molecule has 4 heterocycles. The molecule has 3 aromatic heterocycles. The van der Waals surface area contributed by atoms with E-state index in [0.29, 0.717) is 25.1 Å². The Kier molecular flexibility index (Phi) is 4.54. The smallest absolute Gasteiger partial charge is 0.254 e. The van der Waals surface area contributed by atoms with Crippen LogP contribution in [0, 0.1) is 6.92 Å². The Morgan fingerprint density at radius 1 is 1.06 bits per heavy atom. The minimum Gasteiger partial charge on any atom is -0.339 e. The number of carbonyl (C=O) groups excluding carboxylic acids is 1. The van der Waals surface area contributed by atoms with Crippen LogP contribution in [0.4, 0.5) is 0 Å². The standard InChI is InChI=1S/C26H22N6O/c1-16-4-6-17(7-5-16)26(33)32-12-10-22-23(15-32)29-25(28-22)24-20-13-18(8-9-21(20)30-31-24)19-3-2-11-27-14-19/h2-9,11,13-14H,10,12,15H2,1H3,(H,28,29)(H,30,31). The first-order valence-electron chi connectivity index (χ1n) is 11.0. The Morgan fingerprint density at radius 3 is 2.76 bits per heavy atom. The third-order valence-corrected chi connectivity index (χ3v) is 6.20. The summed E-state index contributed by atoms with van der Waals surface area (Å²) in [5.74, 6) is 0.766. The van der Waals surface area contributed by atoms with E-state index in [2.05, 4.69) is 32.3 Å². The Morgan fingerprint density at radius 2 is 1.94 bits per heavy atom. The maximum absolute atomic E-state index is 13.0. The topological polar surface area (TPSA) is 90.6 Å². The SMILES string of the molecule is Cc1ccc(C(=O)N2CCc3nc(-c4n[nH]c5ccc(-c6cccnc6)cc45)[nH]c3C2)cc1. The zero-order valence-electron chi connectivity index (χ0n) is 18.2. The maximum atomic E-state index is 13.0. The van der Waals surface area contributed by atoms with Crippen molar-refractivity contribution in [2.24, 2.45) is 0 Å². The summed E-state index contributed by atoms with van der Waals surface area (Å²) in [5.41, 5.74) is 7.67. The first-order chi connectivity index (χ1) is 16.2. The van der Waals surface area contributed by atoms with Crippen molar-refractivity contribution in [3.63, 3.8) is 0 Å². The number of aromatic amines is 2. The van der Waals surface area contributed by atoms with Gasteiger partial charge in [-0.2, -0.15) is 5.10 Å². The van der Waals surface area contributed by atoms with E-state index in [4.69, 9.17) is 4.98 Å². The van der Waals surface area contributed by atoms with Crippen LogP contribution in [0.15, 0.2) is 67.0 Å². The van der Waals surface area contributed by atoms with Gasteiger partial charge in [-0.05, 0) is 42.8 Å². The molecule has 162 valence electrons. The summed E-state index contributed by atoms with van der Waals surface area (Å²) in [4.78, 5) is 27.3. The average Bonchev–Trinajstić information content (AvgIpc) is 3.47. The summed E-state index contributed by atoms with van der Waals surface area (Å²) >= 11 is 0. The fraction of sp³-hybridized carbons (Fsp3) is 0.154. The van der Waals surface area contributed by atoms with Gasteiger partial charge in [-0.25, -0.2) is 4.98 Å². The van der Waals surface area contributed by atoms with Crippen molar-refractivity contribution >= 4 is 16.8 Å². The lowest BCUT2D eigenvalue weighted by Crippen LogP contribution is -2.36. The van der Waals surface area contributed by atoms with E-state index >= 15 is 0 Å². The lowest BCUT2D eigenvalue weighted by Gasteiger charge is -2.26. The molecule has 0 unspecified atom stereocenters. The van der Waals surface area contributed by atoms with E-state index in [0.717, 1.165) is 50.5 Å². The molecule has 1 amide bonds. The van der Waals surface area contributed by atoms with Crippen LogP contribution in [0.1, 0.15) is 27.3 Å². The lowest BCUT2D eigenvalue weighted by molar-refractivity contribution is 0.0732. The average molecular weight is 435 g/mol. The number of imidazole rings is 1. The number of benzene rings is 2. The normalized spacial score (nSPS) is 13.3. The van der Waals surface area contributed by atoms with Crippen LogP contribution in [-0.4, -0.2) is 42.5 Å². The molecule has 0 saturated heterocycles. The third kappa shape index (κ3) is 3.47. The first kappa shape index (κ1) is 19.4. The number of amides is 1. The molecule has 33 heavy (non-hydrogen) atoms. The van der Waals surface area contributed by atoms with Gasteiger partial charge in [0.1, 0.15) is 5.69 Å². The van der Waals surface area contributed by atoms with Gasteiger partial charge in [0, 0.05) is 41.9 Å². The Labute approximate surface area is 190 Å². The number of H-pyrrole nitrogens is 2. The predicted molar refractivity (Wildman–Crippen MR) is 127 cm³/mol. The Balaban J connectivity index is 1.31. The lowest BCUT2D eigenvalue weighted by atomic mass is 10.0. The minimum atomic E-state index is 0.0446. The van der Waals surface area contributed by atoms with Gasteiger partial charge >= 0.3 is 0 Å². The number of aryl methyl sites for hydroxylation is 1. The van der Waals surface area contributed by atoms with Crippen LogP contribution in [0.25, 0.3) is 33.5 Å². The van der Waals surface area contributed by atoms with Crippen molar-refractivity contribution in [1.29, 1.82) is 0 Å². The molecule has 0 atom stereocenters. The molecule has 7 nitrogen and oxygen atoms in total. The quantitative estimate of drug-likeness (QED) is 0.437. The molecule has 0 fully saturated rings. The maximum Gasteiger partial charge on any atom is 0.254 e. The number of aromatic nitrogens is 5. The van der Waals surface area contributed by atoms with E-state index in [1.165, 1.54) is 0 Å². The highest BCUT2D eigenvalue weighted by molar-refractivity contribution is 5.95. The van der Waals surface area contributed by atoms with Crippen molar-refractivity contribution < 1.29 is 4.79 Å². The molecule has 5 aromatic rings. The van der Waals surface area contributed by atoms with Gasteiger partial charge in [0.25, 0.3) is 5.91 Å². The number of carbonyl (C=O) groups is 1. The zero-order chi connectivity index (χ0) is 22.4. The monoisotopic (exact) mass is 434 g/mol. The minimum absolute atomic E-state index is 0.0446. The number of pyridine rings is 1. The molecule has 0 saturated carbocycles. The molecule has 2 N–H and O–H groups in total. The second-order valence-electron chi connectivity index (χ2n) is 8.43. The van der Waals surface area contributed by atoms with Crippen LogP contribution < -0.4 is 0 Å². The van der Waals surface area contributed by atoms with Crippen molar-refractivity contribution in [2.45, 2.75) is 19.9 Å². The molecule has 2 aromatic carbocycles. The fourth-order valence-corrected chi connectivity index (χ4v) is 4.37. The number of nitrogens with one attached hydrogen (secondary N) is 2. The summed E-state index contributed by atoms with van der Waals surface area (Å²) in [7, 11) is 0. The second-order valence-corrected chi connectivity index (χ2v) is 8.43. The van der Waals surface area contributed by atoms with E-state index < -0.39 is 0 Å². The van der Waals surface area contributed by atoms with Crippen molar-refractivity contribution in [1.82, 2.24) is 30.0 Å². The highest BCUT2D eigenvalue weighted by Gasteiger charge is 2.25. The summed E-state index contributed by atoms with van der Waals surface area (Å²) in [6, 6.07) is 17.9. The van der Waals surface area contributed by atoms with Crippen LogP contribution >= 0.6 is 0 Å². The van der Waals surface area contributed by atoms with Crippen LogP contribution in [-0.2, 0) is 13.0 Å². The molecule has 0 radical (unpaired) electrons. The highest BCUT2D eigenvalue weighted by Crippen LogP contribution is 2.30. The van der Waals surface area contributed by atoms with Crippen molar-refractivity contribution in [3.8, 4) is 22.6 Å². The van der Waals surface area contributed by atoms with Gasteiger partial charge in [-0.1, -0.05) is 29.8 Å². The summed E-state index contributed by atoms with van der Waals surface area (Å²) < 4.78 is 0. The van der Waals surface area contributed by atoms with Crippen molar-refractivity contribution in [2.75, 3.05) is 6.54 Å². The van der Waals surface area contributed by atoms with Gasteiger partial charge in [-0.3, -0.25) is 14.9 Å². The van der Waals surface area contributed by atoms with Gasteiger partial charge in [0.15, 0.2) is 5.82 Å². The van der Waals surface area contributed by atoms with Gasteiger partial charge < -0.3 is 9.88 Å². The van der Waals surface area contributed by atoms with Gasteiger partial charge in [0.05, 0.1) is 23.4 Å². The highest BCUT2D eigenvalue weighted by atomic mass is 16.2. The molecular formula is C26H22N6O. The second kappa shape index (κ2) is 7.70.